The van der Waals surface area contributed by atoms with E-state index in [0.29, 0.717) is 17.9 Å². The zero-order valence-corrected chi connectivity index (χ0v) is 17.4. The minimum atomic E-state index is -2.61. The number of carbonyl (C=O) groups is 1. The average Bonchev–Trinajstić information content (AvgIpc) is 3.14. The first-order chi connectivity index (χ1) is 14.9. The van der Waals surface area contributed by atoms with Gasteiger partial charge in [0.1, 0.15) is 5.82 Å². The van der Waals surface area contributed by atoms with Crippen LogP contribution < -0.4 is 15.4 Å². The SMILES string of the molecule is CC(C)c1cc(NC(=O)NCc2cccnc2OCC(F)F)n(Cc2ccccc2)n1. The number of pyridine rings is 1. The molecule has 0 spiro atoms. The number of benzene rings is 1. The summed E-state index contributed by atoms with van der Waals surface area (Å²) in [4.78, 5) is 16.5. The van der Waals surface area contributed by atoms with Gasteiger partial charge in [0.05, 0.1) is 12.2 Å². The second-order valence-electron chi connectivity index (χ2n) is 7.23. The highest BCUT2D eigenvalue weighted by Crippen LogP contribution is 2.20. The number of rotatable bonds is 9. The number of nitrogens with zero attached hydrogens (tertiary/aromatic N) is 3. The number of hydrogen-bond acceptors (Lipinski definition) is 4. The van der Waals surface area contributed by atoms with E-state index < -0.39 is 19.1 Å². The highest BCUT2D eigenvalue weighted by atomic mass is 19.3. The number of alkyl halides is 2. The molecule has 7 nitrogen and oxygen atoms in total. The van der Waals surface area contributed by atoms with Crippen LogP contribution in [0.4, 0.5) is 19.4 Å². The summed E-state index contributed by atoms with van der Waals surface area (Å²) in [5.41, 5.74) is 2.42. The molecular formula is C22H25F2N5O2. The van der Waals surface area contributed by atoms with Crippen molar-refractivity contribution in [3.63, 3.8) is 0 Å². The van der Waals surface area contributed by atoms with E-state index in [1.165, 1.54) is 6.20 Å². The van der Waals surface area contributed by atoms with E-state index in [1.54, 1.807) is 16.8 Å². The molecule has 0 unspecified atom stereocenters. The molecule has 0 saturated heterocycles. The van der Waals surface area contributed by atoms with Crippen molar-refractivity contribution in [2.45, 2.75) is 39.3 Å². The smallest absolute Gasteiger partial charge is 0.320 e. The Balaban J connectivity index is 1.67. The number of amides is 2. The molecule has 2 aromatic heterocycles. The summed E-state index contributed by atoms with van der Waals surface area (Å²) < 4.78 is 31.6. The monoisotopic (exact) mass is 429 g/mol. The molecule has 3 aromatic rings. The topological polar surface area (TPSA) is 81.1 Å². The van der Waals surface area contributed by atoms with Crippen molar-refractivity contribution >= 4 is 11.8 Å². The molecule has 2 amide bonds. The molecule has 1 aromatic carbocycles. The van der Waals surface area contributed by atoms with E-state index in [9.17, 15) is 13.6 Å². The molecule has 2 heterocycles. The number of halogens is 2. The van der Waals surface area contributed by atoms with Crippen LogP contribution in [0.25, 0.3) is 0 Å². The number of aromatic nitrogens is 3. The van der Waals surface area contributed by atoms with Crippen LogP contribution >= 0.6 is 0 Å². The molecule has 0 bridgehead atoms. The van der Waals surface area contributed by atoms with Gasteiger partial charge in [-0.3, -0.25) is 5.32 Å². The fourth-order valence-electron chi connectivity index (χ4n) is 2.86. The lowest BCUT2D eigenvalue weighted by Gasteiger charge is -2.12. The minimum Gasteiger partial charge on any atom is -0.471 e. The molecule has 0 atom stereocenters. The zero-order valence-electron chi connectivity index (χ0n) is 17.4. The lowest BCUT2D eigenvalue weighted by molar-refractivity contribution is 0.0790. The maximum absolute atomic E-state index is 12.5. The van der Waals surface area contributed by atoms with E-state index in [2.05, 4.69) is 20.7 Å². The first-order valence-corrected chi connectivity index (χ1v) is 9.93. The van der Waals surface area contributed by atoms with Crippen molar-refractivity contribution in [2.75, 3.05) is 11.9 Å². The molecule has 31 heavy (non-hydrogen) atoms. The molecule has 9 heteroatoms. The molecule has 0 radical (unpaired) electrons. The van der Waals surface area contributed by atoms with E-state index in [-0.39, 0.29) is 18.3 Å². The van der Waals surface area contributed by atoms with Crippen LogP contribution in [0.3, 0.4) is 0 Å². The standard InChI is InChI=1S/C22H25F2N5O2/c1-15(2)18-11-20(29(28-18)13-16-7-4-3-5-8-16)27-22(30)26-12-17-9-6-10-25-21(17)31-14-19(23)24/h3-11,15,19H,12-14H2,1-2H3,(H2,26,27,30). The second-order valence-corrected chi connectivity index (χ2v) is 7.23. The number of anilines is 1. The molecule has 0 aliphatic carbocycles. The van der Waals surface area contributed by atoms with Crippen molar-refractivity contribution in [1.29, 1.82) is 0 Å². The van der Waals surface area contributed by atoms with Crippen LogP contribution in [0.15, 0.2) is 54.7 Å². The minimum absolute atomic E-state index is 0.0688. The fraction of sp³-hybridized carbons (Fsp3) is 0.318. The molecule has 0 aliphatic heterocycles. The molecule has 0 aliphatic rings. The molecule has 0 fully saturated rings. The van der Waals surface area contributed by atoms with Gasteiger partial charge in [-0.25, -0.2) is 23.2 Å². The average molecular weight is 429 g/mol. The first-order valence-electron chi connectivity index (χ1n) is 9.93. The predicted molar refractivity (Wildman–Crippen MR) is 113 cm³/mol. The number of ether oxygens (including phenoxy) is 1. The fourth-order valence-corrected chi connectivity index (χ4v) is 2.86. The van der Waals surface area contributed by atoms with Crippen molar-refractivity contribution in [3.8, 4) is 5.88 Å². The van der Waals surface area contributed by atoms with Crippen LogP contribution in [0.5, 0.6) is 5.88 Å². The maximum atomic E-state index is 12.5. The van der Waals surface area contributed by atoms with Crippen molar-refractivity contribution in [2.24, 2.45) is 0 Å². The molecule has 164 valence electrons. The summed E-state index contributed by atoms with van der Waals surface area (Å²) in [5, 5.41) is 10.1. The largest absolute Gasteiger partial charge is 0.471 e. The van der Waals surface area contributed by atoms with Crippen molar-refractivity contribution in [1.82, 2.24) is 20.1 Å². The van der Waals surface area contributed by atoms with Gasteiger partial charge in [-0.15, -0.1) is 0 Å². The zero-order chi connectivity index (χ0) is 22.2. The van der Waals surface area contributed by atoms with Crippen LogP contribution in [0, 0.1) is 0 Å². The second kappa shape index (κ2) is 10.5. The maximum Gasteiger partial charge on any atom is 0.320 e. The molecular weight excluding hydrogens is 404 g/mol. The van der Waals surface area contributed by atoms with Gasteiger partial charge in [0.25, 0.3) is 6.43 Å². The summed E-state index contributed by atoms with van der Waals surface area (Å²) in [6.07, 6.45) is -1.16. The number of urea groups is 1. The Morgan fingerprint density at radius 1 is 1.16 bits per heavy atom. The Labute approximate surface area is 179 Å². The predicted octanol–water partition coefficient (Wildman–Crippen LogP) is 4.42. The Morgan fingerprint density at radius 2 is 1.94 bits per heavy atom. The van der Waals surface area contributed by atoms with Gasteiger partial charge >= 0.3 is 6.03 Å². The van der Waals surface area contributed by atoms with Crippen molar-refractivity contribution in [3.05, 3.63) is 71.5 Å². The Kier molecular flexibility index (Phi) is 7.53. The Hall–Kier alpha value is -3.49. The van der Waals surface area contributed by atoms with Crippen LogP contribution in [0.1, 0.15) is 36.6 Å². The van der Waals surface area contributed by atoms with Gasteiger partial charge in [0, 0.05) is 24.4 Å². The summed E-state index contributed by atoms with van der Waals surface area (Å²) in [5.74, 6) is 0.829. The first kappa shape index (κ1) is 22.2. The summed E-state index contributed by atoms with van der Waals surface area (Å²) >= 11 is 0. The van der Waals surface area contributed by atoms with Crippen LogP contribution in [0.2, 0.25) is 0 Å². The Bertz CT molecular complexity index is 993. The van der Waals surface area contributed by atoms with E-state index >= 15 is 0 Å². The summed E-state index contributed by atoms with van der Waals surface area (Å²) in [6.45, 7) is 3.89. The van der Waals surface area contributed by atoms with E-state index in [1.807, 2.05) is 50.2 Å². The molecule has 0 saturated carbocycles. The van der Waals surface area contributed by atoms with Gasteiger partial charge in [-0.1, -0.05) is 50.2 Å². The van der Waals surface area contributed by atoms with Crippen LogP contribution in [-0.2, 0) is 13.1 Å². The normalized spacial score (nSPS) is 11.0. The molecule has 3 rings (SSSR count). The third-order valence-electron chi connectivity index (χ3n) is 4.44. The molecule has 2 N–H and O–H groups in total. The quantitative estimate of drug-likeness (QED) is 0.528. The summed E-state index contributed by atoms with van der Waals surface area (Å²) in [7, 11) is 0. The highest BCUT2D eigenvalue weighted by molar-refractivity contribution is 5.88. The van der Waals surface area contributed by atoms with E-state index in [0.717, 1.165) is 11.3 Å². The number of nitrogens with one attached hydrogen (secondary N) is 2. The lowest BCUT2D eigenvalue weighted by atomic mass is 10.1. The lowest BCUT2D eigenvalue weighted by Crippen LogP contribution is -2.29. The van der Waals surface area contributed by atoms with Crippen LogP contribution in [-0.4, -0.2) is 33.8 Å². The summed E-state index contributed by atoms with van der Waals surface area (Å²) in [6, 6.07) is 14.5. The number of hydrogen-bond donors (Lipinski definition) is 2. The van der Waals surface area contributed by atoms with Gasteiger partial charge in [-0.05, 0) is 17.5 Å². The van der Waals surface area contributed by atoms with Gasteiger partial charge in [-0.2, -0.15) is 5.10 Å². The highest BCUT2D eigenvalue weighted by Gasteiger charge is 2.14. The van der Waals surface area contributed by atoms with Gasteiger partial charge in [0.15, 0.2) is 6.61 Å². The Morgan fingerprint density at radius 3 is 2.65 bits per heavy atom. The van der Waals surface area contributed by atoms with Gasteiger partial charge in [0.2, 0.25) is 5.88 Å². The van der Waals surface area contributed by atoms with Crippen molar-refractivity contribution < 1.29 is 18.3 Å². The van der Waals surface area contributed by atoms with Gasteiger partial charge < -0.3 is 10.1 Å². The number of carbonyl (C=O) groups excluding carboxylic acids is 1. The third kappa shape index (κ3) is 6.50. The third-order valence-corrected chi connectivity index (χ3v) is 4.44. The van der Waals surface area contributed by atoms with E-state index in [4.69, 9.17) is 4.74 Å².